The zero-order valence-electron chi connectivity index (χ0n) is 12.8. The fourth-order valence-corrected chi connectivity index (χ4v) is 2.00. The van der Waals surface area contributed by atoms with Crippen molar-refractivity contribution in [3.63, 3.8) is 0 Å². The molecule has 2 atom stereocenters. The van der Waals surface area contributed by atoms with E-state index in [1.165, 1.54) is 12.0 Å². The highest BCUT2D eigenvalue weighted by molar-refractivity contribution is 5.26. The van der Waals surface area contributed by atoms with Crippen molar-refractivity contribution < 1.29 is 4.74 Å². The van der Waals surface area contributed by atoms with Crippen LogP contribution in [0.25, 0.3) is 0 Å². The Morgan fingerprint density at radius 2 is 2.00 bits per heavy atom. The summed E-state index contributed by atoms with van der Waals surface area (Å²) in [5, 5.41) is 3.48. The Hall–Kier alpha value is -1.09. The molecule has 0 saturated heterocycles. The third-order valence-electron chi connectivity index (χ3n) is 3.48. The first-order valence-corrected chi connectivity index (χ1v) is 7.47. The van der Waals surface area contributed by atoms with Gasteiger partial charge in [-0.3, -0.25) is 4.98 Å². The van der Waals surface area contributed by atoms with Crippen LogP contribution < -0.4 is 10.1 Å². The van der Waals surface area contributed by atoms with Crippen LogP contribution in [0, 0.1) is 5.92 Å². The number of nitrogens with zero attached hydrogens (tertiary/aromatic N) is 1. The number of rotatable bonds is 9. The van der Waals surface area contributed by atoms with Gasteiger partial charge in [0.25, 0.3) is 0 Å². The zero-order chi connectivity index (χ0) is 14.1. The molecule has 0 aliphatic rings. The number of aromatic nitrogens is 1. The molecule has 0 aliphatic carbocycles. The predicted octanol–water partition coefficient (Wildman–Crippen LogP) is 3.61. The largest absolute Gasteiger partial charge is 0.492 e. The fourth-order valence-electron chi connectivity index (χ4n) is 2.00. The first-order chi connectivity index (χ1) is 9.19. The van der Waals surface area contributed by atoms with E-state index >= 15 is 0 Å². The second-order valence-corrected chi connectivity index (χ2v) is 5.27. The standard InChI is InChI=1S/C16H28N2O/c1-5-7-17-10-13(3)14(4)15-9-16(12-18-11-15)19-8-6-2/h9,11-14,17H,5-8,10H2,1-4H3. The molecule has 108 valence electrons. The highest BCUT2D eigenvalue weighted by Gasteiger charge is 2.15. The van der Waals surface area contributed by atoms with Crippen molar-refractivity contribution in [3.8, 4) is 5.75 Å². The van der Waals surface area contributed by atoms with Crippen LogP contribution in [0.4, 0.5) is 0 Å². The lowest BCUT2D eigenvalue weighted by Crippen LogP contribution is -2.25. The molecule has 0 amide bonds. The van der Waals surface area contributed by atoms with E-state index in [-0.39, 0.29) is 0 Å². The Bertz CT molecular complexity index is 354. The quantitative estimate of drug-likeness (QED) is 0.692. The van der Waals surface area contributed by atoms with E-state index in [0.717, 1.165) is 31.9 Å². The average molecular weight is 264 g/mol. The smallest absolute Gasteiger partial charge is 0.137 e. The van der Waals surface area contributed by atoms with Gasteiger partial charge in [-0.25, -0.2) is 0 Å². The van der Waals surface area contributed by atoms with Gasteiger partial charge in [0.15, 0.2) is 0 Å². The lowest BCUT2D eigenvalue weighted by atomic mass is 9.90. The second-order valence-electron chi connectivity index (χ2n) is 5.27. The third-order valence-corrected chi connectivity index (χ3v) is 3.48. The van der Waals surface area contributed by atoms with Crippen LogP contribution in [-0.2, 0) is 0 Å². The minimum atomic E-state index is 0.488. The van der Waals surface area contributed by atoms with Gasteiger partial charge in [0.1, 0.15) is 5.75 Å². The monoisotopic (exact) mass is 264 g/mol. The number of hydrogen-bond acceptors (Lipinski definition) is 3. The van der Waals surface area contributed by atoms with E-state index in [2.05, 4.69) is 44.1 Å². The van der Waals surface area contributed by atoms with E-state index in [1.54, 1.807) is 6.20 Å². The molecule has 0 radical (unpaired) electrons. The number of pyridine rings is 1. The summed E-state index contributed by atoms with van der Waals surface area (Å²) < 4.78 is 5.65. The average Bonchev–Trinajstić information content (AvgIpc) is 2.44. The summed E-state index contributed by atoms with van der Waals surface area (Å²) in [5.41, 5.74) is 1.26. The summed E-state index contributed by atoms with van der Waals surface area (Å²) in [6.45, 7) is 11.8. The van der Waals surface area contributed by atoms with Crippen molar-refractivity contribution in [2.45, 2.75) is 46.5 Å². The molecule has 1 aromatic rings. The summed E-state index contributed by atoms with van der Waals surface area (Å²) in [7, 11) is 0. The zero-order valence-corrected chi connectivity index (χ0v) is 12.8. The van der Waals surface area contributed by atoms with Crippen LogP contribution in [0.15, 0.2) is 18.5 Å². The van der Waals surface area contributed by atoms with E-state index in [0.29, 0.717) is 11.8 Å². The number of nitrogens with one attached hydrogen (secondary N) is 1. The Labute approximate surface area is 117 Å². The van der Waals surface area contributed by atoms with Crippen LogP contribution in [0.1, 0.15) is 52.0 Å². The number of ether oxygens (including phenoxy) is 1. The highest BCUT2D eigenvalue weighted by atomic mass is 16.5. The third kappa shape index (κ3) is 5.60. The van der Waals surface area contributed by atoms with Crippen LogP contribution in [0.5, 0.6) is 5.75 Å². The predicted molar refractivity (Wildman–Crippen MR) is 80.8 cm³/mol. The Balaban J connectivity index is 2.57. The van der Waals surface area contributed by atoms with Crippen LogP contribution >= 0.6 is 0 Å². The van der Waals surface area contributed by atoms with Gasteiger partial charge >= 0.3 is 0 Å². The van der Waals surface area contributed by atoms with E-state index in [1.807, 2.05) is 6.20 Å². The molecule has 0 bridgehead atoms. The molecule has 0 spiro atoms. The Morgan fingerprint density at radius 1 is 1.21 bits per heavy atom. The molecule has 3 nitrogen and oxygen atoms in total. The van der Waals surface area contributed by atoms with E-state index in [9.17, 15) is 0 Å². The van der Waals surface area contributed by atoms with Gasteiger partial charge in [0.05, 0.1) is 12.8 Å². The van der Waals surface area contributed by atoms with E-state index in [4.69, 9.17) is 4.74 Å². The van der Waals surface area contributed by atoms with Crippen LogP contribution in [0.2, 0.25) is 0 Å². The summed E-state index contributed by atoms with van der Waals surface area (Å²) in [6.07, 6.45) is 5.96. The van der Waals surface area contributed by atoms with Gasteiger partial charge in [-0.2, -0.15) is 0 Å². The molecule has 0 aliphatic heterocycles. The van der Waals surface area contributed by atoms with Gasteiger partial charge in [0.2, 0.25) is 0 Å². The maximum atomic E-state index is 5.65. The lowest BCUT2D eigenvalue weighted by Gasteiger charge is -2.21. The van der Waals surface area contributed by atoms with Gasteiger partial charge in [-0.1, -0.05) is 27.7 Å². The van der Waals surface area contributed by atoms with Crippen molar-refractivity contribution in [1.29, 1.82) is 0 Å². The van der Waals surface area contributed by atoms with Gasteiger partial charge in [0, 0.05) is 6.20 Å². The minimum Gasteiger partial charge on any atom is -0.492 e. The molecule has 0 saturated carbocycles. The van der Waals surface area contributed by atoms with E-state index < -0.39 is 0 Å². The molecule has 3 heteroatoms. The highest BCUT2D eigenvalue weighted by Crippen LogP contribution is 2.25. The Morgan fingerprint density at radius 3 is 2.68 bits per heavy atom. The minimum absolute atomic E-state index is 0.488. The summed E-state index contributed by atoms with van der Waals surface area (Å²) in [5.74, 6) is 1.97. The van der Waals surface area contributed by atoms with Crippen LogP contribution in [0.3, 0.4) is 0 Å². The molecule has 0 fully saturated rings. The first-order valence-electron chi connectivity index (χ1n) is 7.47. The fraction of sp³-hybridized carbons (Fsp3) is 0.688. The van der Waals surface area contributed by atoms with Crippen molar-refractivity contribution >= 4 is 0 Å². The lowest BCUT2D eigenvalue weighted by molar-refractivity contribution is 0.315. The molecular formula is C16H28N2O. The normalized spacial score (nSPS) is 14.1. The SMILES string of the molecule is CCCNCC(C)C(C)c1cncc(OCCC)c1. The Kier molecular flexibility index (Phi) is 7.49. The second kappa shape index (κ2) is 8.92. The molecule has 1 rings (SSSR count). The molecule has 1 aromatic heterocycles. The van der Waals surface area contributed by atoms with Gasteiger partial charge < -0.3 is 10.1 Å². The van der Waals surface area contributed by atoms with Gasteiger partial charge in [-0.15, -0.1) is 0 Å². The maximum absolute atomic E-state index is 5.65. The molecule has 1 N–H and O–H groups in total. The molecule has 1 heterocycles. The van der Waals surface area contributed by atoms with Crippen molar-refractivity contribution in [2.24, 2.45) is 5.92 Å². The molecule has 0 aromatic carbocycles. The first kappa shape index (κ1) is 16.0. The van der Waals surface area contributed by atoms with Crippen molar-refractivity contribution in [3.05, 3.63) is 24.0 Å². The molecule has 19 heavy (non-hydrogen) atoms. The summed E-state index contributed by atoms with van der Waals surface area (Å²) in [6, 6.07) is 2.13. The maximum Gasteiger partial charge on any atom is 0.137 e. The molecular weight excluding hydrogens is 236 g/mol. The van der Waals surface area contributed by atoms with Gasteiger partial charge in [-0.05, 0) is 49.4 Å². The topological polar surface area (TPSA) is 34.2 Å². The number of hydrogen-bond donors (Lipinski definition) is 1. The molecule has 2 unspecified atom stereocenters. The summed E-state index contributed by atoms with van der Waals surface area (Å²) >= 11 is 0. The van der Waals surface area contributed by atoms with Crippen molar-refractivity contribution in [2.75, 3.05) is 19.7 Å². The van der Waals surface area contributed by atoms with Crippen LogP contribution in [-0.4, -0.2) is 24.7 Å². The summed E-state index contributed by atoms with van der Waals surface area (Å²) in [4.78, 5) is 4.29. The van der Waals surface area contributed by atoms with Crippen molar-refractivity contribution in [1.82, 2.24) is 10.3 Å².